The largest absolute Gasteiger partial charge is 0.379 e. The average molecular weight is 520 g/mol. The molecule has 0 unspecified atom stereocenters. The van der Waals surface area contributed by atoms with Crippen LogP contribution in [0.5, 0.6) is 5.75 Å². The number of rotatable bonds is 6. The average Bonchev–Trinajstić information content (AvgIpc) is 2.68. The van der Waals surface area contributed by atoms with Crippen LogP contribution in [0.1, 0.15) is 21.5 Å². The van der Waals surface area contributed by atoms with Crippen LogP contribution in [0.2, 0.25) is 0 Å². The fourth-order valence-corrected chi connectivity index (χ4v) is 3.85. The van der Waals surface area contributed by atoms with E-state index in [4.69, 9.17) is 4.18 Å². The first kappa shape index (κ1) is 21.0. The molecule has 29 heavy (non-hydrogen) atoms. The Morgan fingerprint density at radius 2 is 1.76 bits per heavy atom. The summed E-state index contributed by atoms with van der Waals surface area (Å²) in [6, 6.07) is 19.9. The molecule has 0 bridgehead atoms. The van der Waals surface area contributed by atoms with Crippen LogP contribution in [0.3, 0.4) is 0 Å². The Balaban J connectivity index is 1.68. The number of carbonyl (C=O) groups excluding carboxylic acids is 1. The Morgan fingerprint density at radius 1 is 1.03 bits per heavy atom. The number of benzene rings is 3. The van der Waals surface area contributed by atoms with E-state index < -0.39 is 10.1 Å². The van der Waals surface area contributed by atoms with Crippen LogP contribution in [-0.4, -0.2) is 20.5 Å². The van der Waals surface area contributed by atoms with Crippen LogP contribution in [0, 0.1) is 10.5 Å². The van der Waals surface area contributed by atoms with E-state index in [0.29, 0.717) is 11.1 Å². The van der Waals surface area contributed by atoms with Crippen molar-refractivity contribution in [3.8, 4) is 5.75 Å². The molecular weight excluding hydrogens is 503 g/mol. The first-order chi connectivity index (χ1) is 13.8. The van der Waals surface area contributed by atoms with Crippen molar-refractivity contribution in [2.75, 3.05) is 0 Å². The van der Waals surface area contributed by atoms with Crippen LogP contribution in [0.15, 0.2) is 82.8 Å². The third-order valence-electron chi connectivity index (χ3n) is 3.84. The highest BCUT2D eigenvalue weighted by atomic mass is 127. The number of aryl methyl sites for hydroxylation is 1. The molecule has 3 aromatic rings. The van der Waals surface area contributed by atoms with Crippen LogP contribution in [-0.2, 0) is 10.1 Å². The summed E-state index contributed by atoms with van der Waals surface area (Å²) in [5, 5.41) is 3.92. The molecule has 8 heteroatoms. The maximum Gasteiger partial charge on any atom is 0.339 e. The molecule has 0 saturated carbocycles. The first-order valence-corrected chi connectivity index (χ1v) is 11.0. The molecule has 148 valence electrons. The summed E-state index contributed by atoms with van der Waals surface area (Å²) in [5.74, 6) is -0.187. The van der Waals surface area contributed by atoms with Crippen molar-refractivity contribution in [3.63, 3.8) is 0 Å². The van der Waals surface area contributed by atoms with Crippen LogP contribution in [0.4, 0.5) is 0 Å². The molecule has 0 aromatic heterocycles. The number of hydrazone groups is 1. The van der Waals surface area contributed by atoms with E-state index in [9.17, 15) is 13.2 Å². The van der Waals surface area contributed by atoms with Gasteiger partial charge in [-0.2, -0.15) is 13.5 Å². The number of halogens is 1. The highest BCUT2D eigenvalue weighted by molar-refractivity contribution is 14.1. The third-order valence-corrected chi connectivity index (χ3v) is 5.77. The Morgan fingerprint density at radius 3 is 2.48 bits per heavy atom. The van der Waals surface area contributed by atoms with Gasteiger partial charge in [-0.15, -0.1) is 0 Å². The molecule has 3 rings (SSSR count). The van der Waals surface area contributed by atoms with E-state index in [-0.39, 0.29) is 16.6 Å². The zero-order chi connectivity index (χ0) is 20.9. The predicted molar refractivity (Wildman–Crippen MR) is 120 cm³/mol. The van der Waals surface area contributed by atoms with E-state index in [0.717, 1.165) is 9.13 Å². The topological polar surface area (TPSA) is 84.8 Å². The summed E-state index contributed by atoms with van der Waals surface area (Å²) < 4.78 is 30.9. The third kappa shape index (κ3) is 5.88. The molecule has 0 fully saturated rings. The van der Waals surface area contributed by atoms with Gasteiger partial charge in [0.25, 0.3) is 5.91 Å². The minimum Gasteiger partial charge on any atom is -0.379 e. The molecule has 0 aliphatic heterocycles. The molecule has 1 N–H and O–H groups in total. The number of hydrogen-bond acceptors (Lipinski definition) is 5. The van der Waals surface area contributed by atoms with Crippen molar-refractivity contribution in [2.45, 2.75) is 11.8 Å². The van der Waals surface area contributed by atoms with Crippen molar-refractivity contribution < 1.29 is 17.4 Å². The minimum absolute atomic E-state index is 0.0759. The predicted octanol–water partition coefficient (Wildman–Crippen LogP) is 4.13. The zero-order valence-corrected chi connectivity index (χ0v) is 18.3. The second-order valence-electron chi connectivity index (χ2n) is 6.13. The molecular formula is C21H17IN2O4S. The molecule has 3 aromatic carbocycles. The van der Waals surface area contributed by atoms with Gasteiger partial charge in [0.2, 0.25) is 0 Å². The van der Waals surface area contributed by atoms with E-state index in [1.807, 2.05) is 13.0 Å². The summed E-state index contributed by atoms with van der Waals surface area (Å²) in [7, 11) is -3.94. The Hall–Kier alpha value is -2.72. The van der Waals surface area contributed by atoms with Gasteiger partial charge >= 0.3 is 10.1 Å². The molecule has 0 saturated heterocycles. The number of amides is 1. The minimum atomic E-state index is -3.94. The van der Waals surface area contributed by atoms with Gasteiger partial charge in [-0.3, -0.25) is 4.79 Å². The van der Waals surface area contributed by atoms with Gasteiger partial charge in [0, 0.05) is 9.13 Å². The molecule has 1 amide bonds. The van der Waals surface area contributed by atoms with E-state index in [2.05, 4.69) is 33.1 Å². The number of nitrogens with one attached hydrogen (secondary N) is 1. The Kier molecular flexibility index (Phi) is 6.65. The molecule has 0 radical (unpaired) electrons. The molecule has 0 aliphatic rings. The van der Waals surface area contributed by atoms with Gasteiger partial charge in [-0.25, -0.2) is 5.43 Å². The lowest BCUT2D eigenvalue weighted by atomic mass is 10.2. The Labute approximate surface area is 182 Å². The van der Waals surface area contributed by atoms with Gasteiger partial charge < -0.3 is 4.18 Å². The molecule has 0 heterocycles. The van der Waals surface area contributed by atoms with Crippen molar-refractivity contribution in [1.29, 1.82) is 0 Å². The van der Waals surface area contributed by atoms with Crippen LogP contribution < -0.4 is 9.61 Å². The maximum atomic E-state index is 12.4. The van der Waals surface area contributed by atoms with Crippen molar-refractivity contribution in [1.82, 2.24) is 5.43 Å². The monoisotopic (exact) mass is 520 g/mol. The van der Waals surface area contributed by atoms with E-state index in [1.54, 1.807) is 42.5 Å². The fraction of sp³-hybridized carbons (Fsp3) is 0.0476. The van der Waals surface area contributed by atoms with Gasteiger partial charge in [0.1, 0.15) is 10.6 Å². The van der Waals surface area contributed by atoms with Crippen LogP contribution >= 0.6 is 22.6 Å². The van der Waals surface area contributed by atoms with Gasteiger partial charge in [-0.1, -0.05) is 35.9 Å². The number of hydrogen-bond donors (Lipinski definition) is 1. The second-order valence-corrected chi connectivity index (χ2v) is 8.92. The van der Waals surface area contributed by atoms with Gasteiger partial charge in [0.05, 0.1) is 6.21 Å². The lowest BCUT2D eigenvalue weighted by molar-refractivity contribution is 0.0955. The molecule has 6 nitrogen and oxygen atoms in total. The van der Waals surface area contributed by atoms with Crippen molar-refractivity contribution in [2.24, 2.45) is 5.10 Å². The molecule has 0 aliphatic carbocycles. The van der Waals surface area contributed by atoms with E-state index in [1.165, 1.54) is 30.5 Å². The quantitative estimate of drug-likeness (QED) is 0.229. The summed E-state index contributed by atoms with van der Waals surface area (Å²) >= 11 is 2.12. The summed E-state index contributed by atoms with van der Waals surface area (Å²) in [4.78, 5) is 12.2. The summed E-state index contributed by atoms with van der Waals surface area (Å²) in [6.07, 6.45) is 1.41. The normalized spacial score (nSPS) is 11.4. The maximum absolute atomic E-state index is 12.4. The van der Waals surface area contributed by atoms with Gasteiger partial charge in [-0.05, 0) is 77.5 Å². The summed E-state index contributed by atoms with van der Waals surface area (Å²) in [5.41, 5.74) is 4.46. The first-order valence-electron chi connectivity index (χ1n) is 8.54. The smallest absolute Gasteiger partial charge is 0.339 e. The number of carbonyl (C=O) groups is 1. The highest BCUT2D eigenvalue weighted by Gasteiger charge is 2.16. The highest BCUT2D eigenvalue weighted by Crippen LogP contribution is 2.19. The van der Waals surface area contributed by atoms with Gasteiger partial charge in [0.15, 0.2) is 0 Å². The summed E-state index contributed by atoms with van der Waals surface area (Å²) in [6.45, 7) is 1.87. The standard InChI is InChI=1S/C21H17IN2O4S/c1-15-8-10-20(11-9-15)29(26,27)28-19-7-2-4-16(12-19)14-23-24-21(25)17-5-3-6-18(22)13-17/h2-14H,1H3,(H,24,25)/b23-14-. The fourth-order valence-electron chi connectivity index (χ4n) is 2.39. The second kappa shape index (κ2) is 9.19. The Bertz CT molecular complexity index is 1160. The SMILES string of the molecule is Cc1ccc(S(=O)(=O)Oc2cccc(/C=N\NC(=O)c3cccc(I)c3)c2)cc1. The lowest BCUT2D eigenvalue weighted by Gasteiger charge is -2.07. The van der Waals surface area contributed by atoms with Crippen molar-refractivity contribution >= 4 is 44.8 Å². The van der Waals surface area contributed by atoms with E-state index >= 15 is 0 Å². The van der Waals surface area contributed by atoms with Crippen LogP contribution in [0.25, 0.3) is 0 Å². The zero-order valence-electron chi connectivity index (χ0n) is 15.4. The van der Waals surface area contributed by atoms with Crippen molar-refractivity contribution in [3.05, 3.63) is 93.1 Å². The molecule has 0 atom stereocenters. The molecule has 0 spiro atoms. The number of nitrogens with zero attached hydrogens (tertiary/aromatic N) is 1. The lowest BCUT2D eigenvalue weighted by Crippen LogP contribution is -2.17.